The molecular formula is C14H22ClNO. The van der Waals surface area contributed by atoms with Crippen LogP contribution in [0, 0.1) is 5.41 Å². The second-order valence-electron chi connectivity index (χ2n) is 5.93. The first kappa shape index (κ1) is 14.3. The zero-order chi connectivity index (χ0) is 13.4. The Hall–Kier alpha value is -0.760. The molecule has 2 nitrogen and oxygen atoms in total. The molecule has 2 atom stereocenters. The lowest BCUT2D eigenvalue weighted by Gasteiger charge is -2.42. The van der Waals surface area contributed by atoms with E-state index in [0.29, 0.717) is 0 Å². The lowest BCUT2D eigenvalue weighted by Crippen LogP contribution is -2.52. The summed E-state index contributed by atoms with van der Waals surface area (Å²) in [5, 5.41) is 2.98. The molecule has 1 N–H and O–H groups in total. The fraction of sp³-hybridized carbons (Fsp3) is 0.643. The van der Waals surface area contributed by atoms with Crippen LogP contribution in [0.1, 0.15) is 41.5 Å². The highest BCUT2D eigenvalue weighted by molar-refractivity contribution is 6.26. The third-order valence-electron chi connectivity index (χ3n) is 3.35. The molecule has 96 valence electrons. The van der Waals surface area contributed by atoms with Gasteiger partial charge in [0.1, 0.15) is 0 Å². The molecule has 1 aliphatic rings. The maximum Gasteiger partial charge on any atom is 0.217 e. The van der Waals surface area contributed by atoms with E-state index in [1.165, 1.54) is 6.92 Å². The third-order valence-corrected chi connectivity index (χ3v) is 3.87. The fourth-order valence-electron chi connectivity index (χ4n) is 2.09. The van der Waals surface area contributed by atoms with Crippen molar-refractivity contribution in [2.75, 3.05) is 0 Å². The summed E-state index contributed by atoms with van der Waals surface area (Å²) in [5.74, 6) is -0.0493. The van der Waals surface area contributed by atoms with E-state index in [1.807, 2.05) is 19.9 Å². The number of carbonyl (C=O) groups excluding carboxylic acids is 1. The molecule has 1 aliphatic carbocycles. The summed E-state index contributed by atoms with van der Waals surface area (Å²) in [6.45, 7) is 11.9. The van der Waals surface area contributed by atoms with Gasteiger partial charge in [-0.2, -0.15) is 0 Å². The van der Waals surface area contributed by atoms with Crippen molar-refractivity contribution < 1.29 is 4.79 Å². The van der Waals surface area contributed by atoms with Crippen molar-refractivity contribution in [3.8, 4) is 0 Å². The molecule has 3 heteroatoms. The average Bonchev–Trinajstić information content (AvgIpc) is 2.11. The van der Waals surface area contributed by atoms with Gasteiger partial charge in [0.05, 0.1) is 10.9 Å². The molecule has 0 aromatic carbocycles. The third kappa shape index (κ3) is 2.92. The van der Waals surface area contributed by atoms with Crippen LogP contribution < -0.4 is 5.32 Å². The Morgan fingerprint density at radius 3 is 2.35 bits per heavy atom. The second-order valence-corrected chi connectivity index (χ2v) is 6.72. The van der Waals surface area contributed by atoms with E-state index < -0.39 is 4.87 Å². The van der Waals surface area contributed by atoms with Gasteiger partial charge in [-0.15, -0.1) is 11.6 Å². The molecule has 0 saturated heterocycles. The highest BCUT2D eigenvalue weighted by atomic mass is 35.5. The van der Waals surface area contributed by atoms with E-state index in [1.54, 1.807) is 0 Å². The van der Waals surface area contributed by atoms with E-state index in [-0.39, 0.29) is 17.4 Å². The van der Waals surface area contributed by atoms with Crippen molar-refractivity contribution >= 4 is 17.5 Å². The van der Waals surface area contributed by atoms with E-state index in [0.717, 1.165) is 11.1 Å². The number of allylic oxidation sites excluding steroid dienone is 2. The van der Waals surface area contributed by atoms with Gasteiger partial charge in [0.2, 0.25) is 5.91 Å². The maximum absolute atomic E-state index is 11.4. The molecule has 0 spiro atoms. The Kier molecular flexibility index (Phi) is 3.78. The monoisotopic (exact) mass is 255 g/mol. The summed E-state index contributed by atoms with van der Waals surface area (Å²) in [6.07, 6.45) is 4.13. The summed E-state index contributed by atoms with van der Waals surface area (Å²) in [6, 6.07) is -0.147. The molecule has 0 radical (unpaired) electrons. The Bertz CT molecular complexity index is 386. The van der Waals surface area contributed by atoms with Crippen LogP contribution in [0.15, 0.2) is 23.3 Å². The largest absolute Gasteiger partial charge is 0.348 e. The minimum Gasteiger partial charge on any atom is -0.348 e. The first-order valence-electron chi connectivity index (χ1n) is 5.92. The molecule has 0 aliphatic heterocycles. The number of carbonyl (C=O) groups is 1. The standard InChI is InChI=1S/C14H22ClNO/c1-9-7-8-11(13(3,4)5)12(14(9,6)15)16-10(2)17/h7-8,12H,1-6H3,(H,16,17). The molecular weight excluding hydrogens is 234 g/mol. The highest BCUT2D eigenvalue weighted by Gasteiger charge is 2.41. The van der Waals surface area contributed by atoms with Gasteiger partial charge in [-0.3, -0.25) is 4.79 Å². The smallest absolute Gasteiger partial charge is 0.217 e. The lowest BCUT2D eigenvalue weighted by atomic mass is 9.73. The van der Waals surface area contributed by atoms with Crippen LogP contribution in [-0.2, 0) is 4.79 Å². The molecule has 2 unspecified atom stereocenters. The summed E-state index contributed by atoms with van der Waals surface area (Å²) >= 11 is 6.61. The molecule has 0 aromatic rings. The molecule has 17 heavy (non-hydrogen) atoms. The number of halogens is 1. The molecule has 0 aromatic heterocycles. The number of nitrogens with one attached hydrogen (secondary N) is 1. The van der Waals surface area contributed by atoms with Gasteiger partial charge in [-0.05, 0) is 24.8 Å². The summed E-state index contributed by atoms with van der Waals surface area (Å²) in [4.78, 5) is 10.8. The molecule has 0 saturated carbocycles. The molecule has 0 bridgehead atoms. The Balaban J connectivity index is 3.22. The molecule has 0 fully saturated rings. The Labute approximate surface area is 109 Å². The van der Waals surface area contributed by atoms with Crippen LogP contribution >= 0.6 is 11.6 Å². The van der Waals surface area contributed by atoms with Gasteiger partial charge >= 0.3 is 0 Å². The van der Waals surface area contributed by atoms with Gasteiger partial charge < -0.3 is 5.32 Å². The van der Waals surface area contributed by atoms with Gasteiger partial charge in [-0.25, -0.2) is 0 Å². The number of hydrogen-bond acceptors (Lipinski definition) is 1. The van der Waals surface area contributed by atoms with Gasteiger partial charge in [0.25, 0.3) is 0 Å². The fourth-order valence-corrected chi connectivity index (χ4v) is 2.33. The predicted molar refractivity (Wildman–Crippen MR) is 73.2 cm³/mol. The van der Waals surface area contributed by atoms with Crippen LogP contribution in [0.25, 0.3) is 0 Å². The molecule has 0 heterocycles. The Morgan fingerprint density at radius 1 is 1.41 bits per heavy atom. The van der Waals surface area contributed by atoms with Crippen LogP contribution in [0.2, 0.25) is 0 Å². The first-order valence-corrected chi connectivity index (χ1v) is 6.30. The Morgan fingerprint density at radius 2 is 1.94 bits per heavy atom. The van der Waals surface area contributed by atoms with Crippen molar-refractivity contribution in [1.29, 1.82) is 0 Å². The predicted octanol–water partition coefficient (Wildman–Crippen LogP) is 3.42. The number of rotatable bonds is 1. The summed E-state index contributed by atoms with van der Waals surface area (Å²) < 4.78 is 0. The van der Waals surface area contributed by atoms with Gasteiger partial charge in [0, 0.05) is 6.92 Å². The van der Waals surface area contributed by atoms with Crippen molar-refractivity contribution in [2.45, 2.75) is 52.5 Å². The lowest BCUT2D eigenvalue weighted by molar-refractivity contribution is -0.119. The minimum absolute atomic E-state index is 0.0134. The van der Waals surface area contributed by atoms with E-state index in [4.69, 9.17) is 11.6 Å². The number of amides is 1. The van der Waals surface area contributed by atoms with Crippen LogP contribution in [0.4, 0.5) is 0 Å². The number of hydrogen-bond donors (Lipinski definition) is 1. The van der Waals surface area contributed by atoms with Gasteiger partial charge in [-0.1, -0.05) is 38.5 Å². The van der Waals surface area contributed by atoms with E-state index >= 15 is 0 Å². The zero-order valence-corrected chi connectivity index (χ0v) is 12.3. The topological polar surface area (TPSA) is 29.1 Å². The average molecular weight is 256 g/mol. The number of alkyl halides is 1. The van der Waals surface area contributed by atoms with Crippen molar-refractivity contribution in [1.82, 2.24) is 5.32 Å². The summed E-state index contributed by atoms with van der Waals surface area (Å²) in [5.41, 5.74) is 2.22. The summed E-state index contributed by atoms with van der Waals surface area (Å²) in [7, 11) is 0. The molecule has 1 amide bonds. The van der Waals surface area contributed by atoms with Crippen LogP contribution in [0.5, 0.6) is 0 Å². The first-order chi connectivity index (χ1) is 7.56. The van der Waals surface area contributed by atoms with E-state index in [2.05, 4.69) is 32.2 Å². The van der Waals surface area contributed by atoms with Crippen LogP contribution in [0.3, 0.4) is 0 Å². The minimum atomic E-state index is -0.553. The van der Waals surface area contributed by atoms with Crippen molar-refractivity contribution in [3.05, 3.63) is 23.3 Å². The van der Waals surface area contributed by atoms with Crippen molar-refractivity contribution in [3.63, 3.8) is 0 Å². The van der Waals surface area contributed by atoms with Crippen molar-refractivity contribution in [2.24, 2.45) is 5.41 Å². The SMILES string of the molecule is CC(=O)NC1C(C(C)(C)C)=CC=C(C)C1(C)Cl. The van der Waals surface area contributed by atoms with Gasteiger partial charge in [0.15, 0.2) is 0 Å². The maximum atomic E-state index is 11.4. The van der Waals surface area contributed by atoms with E-state index in [9.17, 15) is 4.79 Å². The highest BCUT2D eigenvalue weighted by Crippen LogP contribution is 2.41. The molecule has 1 rings (SSSR count). The zero-order valence-electron chi connectivity index (χ0n) is 11.5. The van der Waals surface area contributed by atoms with Crippen LogP contribution in [-0.4, -0.2) is 16.8 Å². The quantitative estimate of drug-likeness (QED) is 0.715. The second kappa shape index (κ2) is 4.49. The normalized spacial score (nSPS) is 29.5.